The summed E-state index contributed by atoms with van der Waals surface area (Å²) >= 11 is 0. The van der Waals surface area contributed by atoms with Gasteiger partial charge in [0, 0.05) is 31.6 Å². The van der Waals surface area contributed by atoms with Gasteiger partial charge in [0.1, 0.15) is 0 Å². The molecule has 1 aromatic rings. The van der Waals surface area contributed by atoms with Crippen molar-refractivity contribution in [2.75, 3.05) is 31.2 Å². The minimum atomic E-state index is -0.137. The molecule has 112 valence electrons. The number of amides is 1. The fourth-order valence-electron chi connectivity index (χ4n) is 2.23. The molecule has 1 rings (SSSR count). The Bertz CT molecular complexity index is 429. The van der Waals surface area contributed by atoms with Crippen LogP contribution < -0.4 is 16.4 Å². The molecule has 0 radical (unpaired) electrons. The second-order valence-electron chi connectivity index (χ2n) is 4.93. The average molecular weight is 279 g/mol. The van der Waals surface area contributed by atoms with E-state index in [0.29, 0.717) is 17.2 Å². The molecule has 1 atom stereocenters. The first-order chi connectivity index (χ1) is 9.62. The smallest absolute Gasteiger partial charge is 0.253 e. The maximum Gasteiger partial charge on any atom is 0.253 e. The van der Waals surface area contributed by atoms with Crippen LogP contribution in [0.1, 0.15) is 36.5 Å². The van der Waals surface area contributed by atoms with E-state index in [-0.39, 0.29) is 12.5 Å². The van der Waals surface area contributed by atoms with E-state index in [1.807, 2.05) is 0 Å². The number of carbonyl (C=O) groups is 1. The van der Waals surface area contributed by atoms with Crippen molar-refractivity contribution in [3.8, 4) is 0 Å². The summed E-state index contributed by atoms with van der Waals surface area (Å²) in [4.78, 5) is 11.8. The highest BCUT2D eigenvalue weighted by molar-refractivity contribution is 6.00. The number of nitrogen functional groups attached to an aromatic ring is 1. The Kier molecular flexibility index (Phi) is 6.87. The predicted molar refractivity (Wildman–Crippen MR) is 82.8 cm³/mol. The average Bonchev–Trinajstić information content (AvgIpc) is 2.44. The number of aliphatic hydroxyl groups excluding tert-OH is 1. The summed E-state index contributed by atoms with van der Waals surface area (Å²) < 4.78 is 0. The van der Waals surface area contributed by atoms with Crippen LogP contribution in [0.4, 0.5) is 11.4 Å². The molecule has 0 aliphatic heterocycles. The molecule has 0 aliphatic carbocycles. The van der Waals surface area contributed by atoms with E-state index in [2.05, 4.69) is 17.6 Å². The van der Waals surface area contributed by atoms with Crippen molar-refractivity contribution in [3.63, 3.8) is 0 Å². The summed E-state index contributed by atoms with van der Waals surface area (Å²) in [6.45, 7) is 3.04. The third kappa shape index (κ3) is 4.74. The number of anilines is 2. The molecule has 0 bridgehead atoms. The van der Waals surface area contributed by atoms with Crippen molar-refractivity contribution >= 4 is 17.3 Å². The second kappa shape index (κ2) is 8.43. The normalized spacial score (nSPS) is 11.9. The molecule has 20 heavy (non-hydrogen) atoms. The van der Waals surface area contributed by atoms with Crippen LogP contribution in [0.3, 0.4) is 0 Å². The van der Waals surface area contributed by atoms with Gasteiger partial charge in [0.25, 0.3) is 5.91 Å². The second-order valence-corrected chi connectivity index (χ2v) is 4.93. The van der Waals surface area contributed by atoms with Crippen molar-refractivity contribution in [1.29, 1.82) is 0 Å². The zero-order chi connectivity index (χ0) is 15.0. The lowest BCUT2D eigenvalue weighted by Crippen LogP contribution is -2.22. The SMILES string of the molecule is CCCC(CCO)CNc1cc(N)ccc1C(=O)NC. The highest BCUT2D eigenvalue weighted by Crippen LogP contribution is 2.21. The maximum atomic E-state index is 11.8. The van der Waals surface area contributed by atoms with Gasteiger partial charge in [-0.25, -0.2) is 0 Å². The van der Waals surface area contributed by atoms with Gasteiger partial charge in [-0.2, -0.15) is 0 Å². The first-order valence-electron chi connectivity index (χ1n) is 7.08. The highest BCUT2D eigenvalue weighted by atomic mass is 16.3. The number of hydrogen-bond donors (Lipinski definition) is 4. The van der Waals surface area contributed by atoms with E-state index in [4.69, 9.17) is 10.8 Å². The fraction of sp³-hybridized carbons (Fsp3) is 0.533. The molecule has 0 fully saturated rings. The van der Waals surface area contributed by atoms with E-state index < -0.39 is 0 Å². The van der Waals surface area contributed by atoms with Gasteiger partial charge in [0.05, 0.1) is 5.56 Å². The first kappa shape index (κ1) is 16.3. The maximum absolute atomic E-state index is 11.8. The number of nitrogens with one attached hydrogen (secondary N) is 2. The Morgan fingerprint density at radius 2 is 2.15 bits per heavy atom. The summed E-state index contributed by atoms with van der Waals surface area (Å²) in [5.74, 6) is 0.255. The lowest BCUT2D eigenvalue weighted by atomic mass is 10.00. The van der Waals surface area contributed by atoms with Gasteiger partial charge in [0.2, 0.25) is 0 Å². The van der Waals surface area contributed by atoms with Gasteiger partial charge in [-0.05, 0) is 37.0 Å². The lowest BCUT2D eigenvalue weighted by Gasteiger charge is -2.18. The zero-order valence-corrected chi connectivity index (χ0v) is 12.3. The predicted octanol–water partition coefficient (Wildman–Crippen LogP) is 1.84. The molecule has 1 amide bonds. The van der Waals surface area contributed by atoms with Crippen LogP contribution in [0.5, 0.6) is 0 Å². The summed E-state index contributed by atoms with van der Waals surface area (Å²) in [6.07, 6.45) is 2.88. The van der Waals surface area contributed by atoms with Crippen LogP contribution in [-0.4, -0.2) is 31.2 Å². The third-order valence-electron chi connectivity index (χ3n) is 3.33. The van der Waals surface area contributed by atoms with Crippen LogP contribution >= 0.6 is 0 Å². The Morgan fingerprint density at radius 3 is 2.75 bits per heavy atom. The Morgan fingerprint density at radius 1 is 1.40 bits per heavy atom. The van der Waals surface area contributed by atoms with E-state index in [1.54, 1.807) is 25.2 Å². The molecule has 0 aliphatic rings. The molecule has 0 saturated heterocycles. The van der Waals surface area contributed by atoms with Crippen molar-refractivity contribution < 1.29 is 9.90 Å². The molecular formula is C15H25N3O2. The number of aliphatic hydroxyl groups is 1. The monoisotopic (exact) mass is 279 g/mol. The molecule has 5 N–H and O–H groups in total. The quantitative estimate of drug-likeness (QED) is 0.547. The van der Waals surface area contributed by atoms with Gasteiger partial charge in [-0.3, -0.25) is 4.79 Å². The van der Waals surface area contributed by atoms with Crippen LogP contribution in [-0.2, 0) is 0 Å². The fourth-order valence-corrected chi connectivity index (χ4v) is 2.23. The Balaban J connectivity index is 2.79. The van der Waals surface area contributed by atoms with Gasteiger partial charge in [-0.15, -0.1) is 0 Å². The van der Waals surface area contributed by atoms with Crippen LogP contribution in [0.25, 0.3) is 0 Å². The third-order valence-corrected chi connectivity index (χ3v) is 3.33. The van der Waals surface area contributed by atoms with Crippen LogP contribution in [0, 0.1) is 5.92 Å². The van der Waals surface area contributed by atoms with E-state index >= 15 is 0 Å². The molecule has 0 aromatic heterocycles. The summed E-state index contributed by atoms with van der Waals surface area (Å²) in [6, 6.07) is 5.21. The first-order valence-corrected chi connectivity index (χ1v) is 7.08. The number of rotatable bonds is 8. The molecule has 0 saturated carbocycles. The molecule has 1 unspecified atom stereocenters. The minimum Gasteiger partial charge on any atom is -0.399 e. The van der Waals surface area contributed by atoms with Gasteiger partial charge in [0.15, 0.2) is 0 Å². The van der Waals surface area contributed by atoms with Gasteiger partial charge >= 0.3 is 0 Å². The summed E-state index contributed by atoms with van der Waals surface area (Å²) in [5, 5.41) is 15.0. The minimum absolute atomic E-state index is 0.137. The molecule has 0 spiro atoms. The topological polar surface area (TPSA) is 87.4 Å². The van der Waals surface area contributed by atoms with Gasteiger partial charge < -0.3 is 21.5 Å². The molecule has 5 nitrogen and oxygen atoms in total. The van der Waals surface area contributed by atoms with Crippen molar-refractivity contribution in [1.82, 2.24) is 5.32 Å². The molecule has 1 aromatic carbocycles. The summed E-state index contributed by atoms with van der Waals surface area (Å²) in [5.41, 5.74) is 7.72. The number of carbonyl (C=O) groups excluding carboxylic acids is 1. The number of benzene rings is 1. The van der Waals surface area contributed by atoms with E-state index in [1.165, 1.54) is 0 Å². The standard InChI is InChI=1S/C15H25N3O2/c1-3-4-11(7-8-19)10-18-14-9-12(16)5-6-13(14)15(20)17-2/h5-6,9,11,18-19H,3-4,7-8,10,16H2,1-2H3,(H,17,20). The van der Waals surface area contributed by atoms with Crippen molar-refractivity contribution in [2.24, 2.45) is 5.92 Å². The van der Waals surface area contributed by atoms with E-state index in [0.717, 1.165) is 31.5 Å². The van der Waals surface area contributed by atoms with Gasteiger partial charge in [-0.1, -0.05) is 13.3 Å². The molecule has 5 heteroatoms. The summed E-state index contributed by atoms with van der Waals surface area (Å²) in [7, 11) is 1.61. The molecule has 0 heterocycles. The molecular weight excluding hydrogens is 254 g/mol. The Labute approximate surface area is 120 Å². The van der Waals surface area contributed by atoms with Crippen molar-refractivity contribution in [3.05, 3.63) is 23.8 Å². The number of hydrogen-bond acceptors (Lipinski definition) is 4. The van der Waals surface area contributed by atoms with Crippen LogP contribution in [0.2, 0.25) is 0 Å². The Hall–Kier alpha value is -1.75. The largest absolute Gasteiger partial charge is 0.399 e. The highest BCUT2D eigenvalue weighted by Gasteiger charge is 2.12. The van der Waals surface area contributed by atoms with Crippen molar-refractivity contribution in [2.45, 2.75) is 26.2 Å². The van der Waals surface area contributed by atoms with Crippen LogP contribution in [0.15, 0.2) is 18.2 Å². The zero-order valence-electron chi connectivity index (χ0n) is 12.3. The lowest BCUT2D eigenvalue weighted by molar-refractivity contribution is 0.0964. The number of nitrogens with two attached hydrogens (primary N) is 1. The van der Waals surface area contributed by atoms with E-state index in [9.17, 15) is 4.79 Å².